The molecule has 1 heterocycles. The van der Waals surface area contributed by atoms with Crippen molar-refractivity contribution >= 4 is 50.2 Å². The molecule has 0 atom stereocenters. The molecule has 160 valence electrons. The first-order chi connectivity index (χ1) is 15.0. The molecule has 0 bridgehead atoms. The van der Waals surface area contributed by atoms with E-state index in [9.17, 15) is 9.59 Å². The summed E-state index contributed by atoms with van der Waals surface area (Å²) in [7, 11) is 0. The minimum atomic E-state index is -0.470. The fraction of sp³-hybridized carbons (Fsp3) is 0.167. The van der Waals surface area contributed by atoms with E-state index in [1.807, 2.05) is 60.8 Å². The van der Waals surface area contributed by atoms with Gasteiger partial charge in [0.05, 0.1) is 13.2 Å². The van der Waals surface area contributed by atoms with Crippen LogP contribution in [0.2, 0.25) is 0 Å². The molecule has 0 aliphatic heterocycles. The summed E-state index contributed by atoms with van der Waals surface area (Å²) in [4.78, 5) is 25.2. The lowest BCUT2D eigenvalue weighted by Crippen LogP contribution is -2.12. The summed E-state index contributed by atoms with van der Waals surface area (Å²) in [6.45, 7) is 4.44. The second-order valence-corrected chi connectivity index (χ2v) is 8.17. The van der Waals surface area contributed by atoms with Crippen molar-refractivity contribution in [1.82, 2.24) is 0 Å². The van der Waals surface area contributed by atoms with Crippen LogP contribution in [0.1, 0.15) is 29.8 Å². The van der Waals surface area contributed by atoms with Crippen LogP contribution >= 0.6 is 27.3 Å². The largest absolute Gasteiger partial charge is 0.493 e. The number of rotatable bonds is 8. The molecule has 2 aromatic carbocycles. The van der Waals surface area contributed by atoms with Crippen LogP contribution in [-0.4, -0.2) is 25.1 Å². The van der Waals surface area contributed by atoms with Crippen LogP contribution in [0.15, 0.2) is 64.5 Å². The Morgan fingerprint density at radius 1 is 1.06 bits per heavy atom. The van der Waals surface area contributed by atoms with Crippen molar-refractivity contribution in [3.8, 4) is 16.9 Å². The van der Waals surface area contributed by atoms with Crippen LogP contribution in [0.3, 0.4) is 0 Å². The average molecular weight is 500 g/mol. The van der Waals surface area contributed by atoms with E-state index >= 15 is 0 Å². The Labute approximate surface area is 193 Å². The molecule has 5 nitrogen and oxygen atoms in total. The highest BCUT2D eigenvalue weighted by atomic mass is 79.9. The lowest BCUT2D eigenvalue weighted by atomic mass is 10.0. The number of nitrogens with one attached hydrogen (secondary N) is 1. The van der Waals surface area contributed by atoms with E-state index in [1.54, 1.807) is 13.0 Å². The molecule has 1 aromatic heterocycles. The maximum absolute atomic E-state index is 12.7. The van der Waals surface area contributed by atoms with Gasteiger partial charge in [0.2, 0.25) is 5.91 Å². The lowest BCUT2D eigenvalue weighted by Gasteiger charge is -2.08. The van der Waals surface area contributed by atoms with Crippen LogP contribution in [0, 0.1) is 0 Å². The van der Waals surface area contributed by atoms with E-state index in [4.69, 9.17) is 9.47 Å². The number of para-hydroxylation sites is 1. The normalized spacial score (nSPS) is 10.8. The number of hydrogen-bond acceptors (Lipinski definition) is 5. The van der Waals surface area contributed by atoms with Gasteiger partial charge in [0.25, 0.3) is 0 Å². The van der Waals surface area contributed by atoms with Gasteiger partial charge in [-0.25, -0.2) is 4.79 Å². The minimum Gasteiger partial charge on any atom is -0.493 e. The Morgan fingerprint density at radius 2 is 1.81 bits per heavy atom. The molecule has 0 spiro atoms. The maximum atomic E-state index is 12.7. The smallest absolute Gasteiger partial charge is 0.341 e. The lowest BCUT2D eigenvalue weighted by molar-refractivity contribution is -0.111. The van der Waals surface area contributed by atoms with E-state index in [-0.39, 0.29) is 12.5 Å². The number of carbonyl (C=O) groups is 2. The first kappa shape index (κ1) is 22.8. The van der Waals surface area contributed by atoms with Crippen LogP contribution in [0.4, 0.5) is 5.00 Å². The summed E-state index contributed by atoms with van der Waals surface area (Å²) in [5, 5.41) is 5.11. The van der Waals surface area contributed by atoms with Gasteiger partial charge in [-0.3, -0.25) is 4.79 Å². The number of amides is 1. The third-order valence-electron chi connectivity index (χ3n) is 4.30. The zero-order valence-corrected chi connectivity index (χ0v) is 19.6. The highest BCUT2D eigenvalue weighted by Crippen LogP contribution is 2.36. The first-order valence-corrected chi connectivity index (χ1v) is 11.5. The predicted molar refractivity (Wildman–Crippen MR) is 129 cm³/mol. The van der Waals surface area contributed by atoms with E-state index < -0.39 is 5.97 Å². The van der Waals surface area contributed by atoms with Gasteiger partial charge in [-0.1, -0.05) is 46.3 Å². The van der Waals surface area contributed by atoms with Gasteiger partial charge < -0.3 is 14.8 Å². The van der Waals surface area contributed by atoms with Crippen molar-refractivity contribution < 1.29 is 19.1 Å². The zero-order valence-electron chi connectivity index (χ0n) is 17.2. The van der Waals surface area contributed by atoms with Gasteiger partial charge in [-0.05, 0) is 43.7 Å². The van der Waals surface area contributed by atoms with Crippen LogP contribution in [0.5, 0.6) is 5.75 Å². The molecule has 1 amide bonds. The van der Waals surface area contributed by atoms with Crippen LogP contribution in [0.25, 0.3) is 17.2 Å². The fourth-order valence-electron chi connectivity index (χ4n) is 2.92. The molecule has 0 unspecified atom stereocenters. The molecule has 0 radical (unpaired) electrons. The molecule has 3 aromatic rings. The third-order valence-corrected chi connectivity index (χ3v) is 5.72. The van der Waals surface area contributed by atoms with E-state index in [2.05, 4.69) is 21.2 Å². The summed E-state index contributed by atoms with van der Waals surface area (Å²) in [6, 6.07) is 15.1. The van der Waals surface area contributed by atoms with Gasteiger partial charge in [0.15, 0.2) is 0 Å². The predicted octanol–water partition coefficient (Wildman–Crippen LogP) is 6.40. The molecule has 1 N–H and O–H groups in total. The summed E-state index contributed by atoms with van der Waals surface area (Å²) < 4.78 is 11.8. The molecular formula is C24H22BrNO4S. The Morgan fingerprint density at radius 3 is 2.52 bits per heavy atom. The topological polar surface area (TPSA) is 64.6 Å². The minimum absolute atomic E-state index is 0.246. The second-order valence-electron chi connectivity index (χ2n) is 6.37. The SMILES string of the molecule is CCOC(=O)c1c(-c2ccc(Br)cc2)csc1NC(=O)/C=C/c1ccccc1OCC. The summed E-state index contributed by atoms with van der Waals surface area (Å²) in [6.07, 6.45) is 3.11. The molecule has 0 fully saturated rings. The number of ether oxygens (including phenoxy) is 2. The second kappa shape index (κ2) is 10.9. The number of esters is 1. The third kappa shape index (κ3) is 5.83. The molecule has 0 aliphatic rings. The molecule has 3 rings (SSSR count). The van der Waals surface area contributed by atoms with Gasteiger partial charge in [0, 0.05) is 27.1 Å². The van der Waals surface area contributed by atoms with Crippen molar-refractivity contribution in [2.24, 2.45) is 0 Å². The molecule has 31 heavy (non-hydrogen) atoms. The average Bonchev–Trinajstić information content (AvgIpc) is 3.17. The van der Waals surface area contributed by atoms with Crippen molar-refractivity contribution in [2.75, 3.05) is 18.5 Å². The van der Waals surface area contributed by atoms with Crippen molar-refractivity contribution in [2.45, 2.75) is 13.8 Å². The molecule has 0 saturated heterocycles. The Kier molecular flexibility index (Phi) is 8.03. The van der Waals surface area contributed by atoms with Gasteiger partial charge in [0.1, 0.15) is 16.3 Å². The van der Waals surface area contributed by atoms with Crippen LogP contribution < -0.4 is 10.1 Å². The van der Waals surface area contributed by atoms with E-state index in [1.165, 1.54) is 17.4 Å². The summed E-state index contributed by atoms with van der Waals surface area (Å²) in [5.41, 5.74) is 2.73. The molecule has 7 heteroatoms. The highest BCUT2D eigenvalue weighted by molar-refractivity contribution is 9.10. The van der Waals surface area contributed by atoms with E-state index in [0.717, 1.165) is 21.2 Å². The van der Waals surface area contributed by atoms with Crippen molar-refractivity contribution in [3.05, 3.63) is 75.6 Å². The van der Waals surface area contributed by atoms with Gasteiger partial charge >= 0.3 is 5.97 Å². The molecule has 0 aliphatic carbocycles. The zero-order chi connectivity index (χ0) is 22.2. The number of thiophene rings is 1. The number of carbonyl (C=O) groups excluding carboxylic acids is 2. The monoisotopic (exact) mass is 499 g/mol. The molecule has 0 saturated carbocycles. The molecular weight excluding hydrogens is 478 g/mol. The number of benzene rings is 2. The Balaban J connectivity index is 1.86. The first-order valence-electron chi connectivity index (χ1n) is 9.78. The summed E-state index contributed by atoms with van der Waals surface area (Å²) in [5.74, 6) is -0.112. The van der Waals surface area contributed by atoms with Gasteiger partial charge in [-0.15, -0.1) is 11.3 Å². The quantitative estimate of drug-likeness (QED) is 0.287. The standard InChI is InChI=1S/C24H22BrNO4S/c1-3-29-20-8-6-5-7-17(20)11-14-21(27)26-23-22(24(28)30-4-2)19(15-31-23)16-9-12-18(25)13-10-16/h5-15H,3-4H2,1-2H3,(H,26,27)/b14-11+. The summed E-state index contributed by atoms with van der Waals surface area (Å²) >= 11 is 4.70. The Hall–Kier alpha value is -2.90. The number of hydrogen-bond donors (Lipinski definition) is 1. The van der Waals surface area contributed by atoms with Crippen LogP contribution in [-0.2, 0) is 9.53 Å². The van der Waals surface area contributed by atoms with Gasteiger partial charge in [-0.2, -0.15) is 0 Å². The van der Waals surface area contributed by atoms with Crippen molar-refractivity contribution in [3.63, 3.8) is 0 Å². The van der Waals surface area contributed by atoms with Crippen molar-refractivity contribution in [1.29, 1.82) is 0 Å². The fourth-order valence-corrected chi connectivity index (χ4v) is 4.15. The number of halogens is 1. The van der Waals surface area contributed by atoms with E-state index in [0.29, 0.717) is 22.9 Å². The highest BCUT2D eigenvalue weighted by Gasteiger charge is 2.22. The Bertz CT molecular complexity index is 1090. The number of anilines is 1. The maximum Gasteiger partial charge on any atom is 0.341 e.